The van der Waals surface area contributed by atoms with E-state index in [4.69, 9.17) is 36.7 Å². The molecule has 1 unspecified atom stereocenters. The third-order valence-electron chi connectivity index (χ3n) is 3.72. The van der Waals surface area contributed by atoms with Crippen molar-refractivity contribution in [2.75, 3.05) is 33.2 Å². The summed E-state index contributed by atoms with van der Waals surface area (Å²) in [7, 11) is 3.02. The summed E-state index contributed by atoms with van der Waals surface area (Å²) in [5, 5.41) is 20.1. The molecule has 0 aliphatic heterocycles. The number of para-hydroxylation sites is 1. The molecule has 0 aliphatic carbocycles. The summed E-state index contributed by atoms with van der Waals surface area (Å²) in [5.74, 6) is 1.27. The molecule has 6 nitrogen and oxygen atoms in total. The van der Waals surface area contributed by atoms with Crippen molar-refractivity contribution in [2.45, 2.75) is 12.5 Å². The number of methoxy groups -OCH3 is 2. The van der Waals surface area contributed by atoms with Crippen molar-refractivity contribution >= 4 is 17.3 Å². The minimum absolute atomic E-state index is 0.0109. The molecule has 2 aromatic rings. The molecule has 136 valence electrons. The largest absolute Gasteiger partial charge is 0.493 e. The van der Waals surface area contributed by atoms with Crippen LogP contribution in [0.1, 0.15) is 23.7 Å². The SMILES string of the molecule is COc1cccc(C(O)c2cc(Cl)cc(OCCCO)c2N)c1OC. The van der Waals surface area contributed by atoms with Crippen LogP contribution < -0.4 is 19.9 Å². The van der Waals surface area contributed by atoms with Crippen LogP contribution in [-0.4, -0.2) is 37.6 Å². The number of aliphatic hydroxyl groups is 2. The van der Waals surface area contributed by atoms with Crippen LogP contribution in [0.5, 0.6) is 17.2 Å². The van der Waals surface area contributed by atoms with E-state index in [1.165, 1.54) is 14.2 Å². The van der Waals surface area contributed by atoms with Gasteiger partial charge in [-0.2, -0.15) is 0 Å². The van der Waals surface area contributed by atoms with Crippen LogP contribution >= 0.6 is 11.6 Å². The summed E-state index contributed by atoms with van der Waals surface area (Å²) in [6, 6.07) is 8.37. The second-order valence-corrected chi connectivity index (χ2v) is 5.75. The molecular weight excluding hydrogens is 346 g/mol. The summed E-state index contributed by atoms with van der Waals surface area (Å²) in [6.45, 7) is 0.302. The van der Waals surface area contributed by atoms with Crippen molar-refractivity contribution in [3.05, 3.63) is 46.5 Å². The van der Waals surface area contributed by atoms with Crippen molar-refractivity contribution in [1.82, 2.24) is 0 Å². The Balaban J connectivity index is 2.44. The molecule has 2 aromatic carbocycles. The average Bonchev–Trinajstić information content (AvgIpc) is 2.62. The highest BCUT2D eigenvalue weighted by molar-refractivity contribution is 6.31. The average molecular weight is 368 g/mol. The zero-order valence-corrected chi connectivity index (χ0v) is 14.9. The van der Waals surface area contributed by atoms with Gasteiger partial charge in [-0.25, -0.2) is 0 Å². The van der Waals surface area contributed by atoms with Gasteiger partial charge in [0.25, 0.3) is 0 Å². The standard InChI is InChI=1S/C18H22ClNO5/c1-23-14-6-3-5-12(18(14)24-2)17(22)13-9-11(19)10-15(16(13)20)25-8-4-7-21/h3,5-6,9-10,17,21-22H,4,7-8,20H2,1-2H3. The molecule has 0 aromatic heterocycles. The molecule has 1 atom stereocenters. The first kappa shape index (κ1) is 19.2. The van der Waals surface area contributed by atoms with Crippen LogP contribution in [0.2, 0.25) is 5.02 Å². The lowest BCUT2D eigenvalue weighted by Gasteiger charge is -2.20. The number of benzene rings is 2. The quantitative estimate of drug-likeness (QED) is 0.490. The Kier molecular flexibility index (Phi) is 6.75. The first-order chi connectivity index (χ1) is 12.0. The van der Waals surface area contributed by atoms with Crippen LogP contribution in [0, 0.1) is 0 Å². The maximum absolute atomic E-state index is 10.9. The maximum atomic E-state index is 10.9. The molecular formula is C18H22ClNO5. The van der Waals surface area contributed by atoms with Crippen LogP contribution in [-0.2, 0) is 0 Å². The van der Waals surface area contributed by atoms with Gasteiger partial charge >= 0.3 is 0 Å². The molecule has 0 amide bonds. The second kappa shape index (κ2) is 8.80. The van der Waals surface area contributed by atoms with Crippen LogP contribution in [0.3, 0.4) is 0 Å². The van der Waals surface area contributed by atoms with E-state index in [0.29, 0.717) is 46.4 Å². The third kappa shape index (κ3) is 4.28. The molecule has 2 rings (SSSR count). The van der Waals surface area contributed by atoms with Crippen molar-refractivity contribution in [2.24, 2.45) is 0 Å². The molecule has 0 spiro atoms. The van der Waals surface area contributed by atoms with Gasteiger partial charge in [0, 0.05) is 35.2 Å². The number of rotatable bonds is 8. The van der Waals surface area contributed by atoms with Crippen molar-refractivity contribution in [3.8, 4) is 17.2 Å². The van der Waals surface area contributed by atoms with Crippen LogP contribution in [0.15, 0.2) is 30.3 Å². The highest BCUT2D eigenvalue weighted by Crippen LogP contribution is 2.41. The van der Waals surface area contributed by atoms with Gasteiger partial charge in [0.15, 0.2) is 11.5 Å². The number of hydrogen-bond acceptors (Lipinski definition) is 6. The number of nitrogens with two attached hydrogens (primary N) is 1. The fourth-order valence-corrected chi connectivity index (χ4v) is 2.72. The van der Waals surface area contributed by atoms with Crippen molar-refractivity contribution in [3.63, 3.8) is 0 Å². The van der Waals surface area contributed by atoms with E-state index < -0.39 is 6.10 Å². The molecule has 25 heavy (non-hydrogen) atoms. The van der Waals surface area contributed by atoms with Crippen LogP contribution in [0.25, 0.3) is 0 Å². The van der Waals surface area contributed by atoms with E-state index in [1.807, 2.05) is 0 Å². The van der Waals surface area contributed by atoms with E-state index in [9.17, 15) is 5.11 Å². The smallest absolute Gasteiger partial charge is 0.166 e. The van der Waals surface area contributed by atoms with E-state index in [-0.39, 0.29) is 12.3 Å². The van der Waals surface area contributed by atoms with Crippen molar-refractivity contribution in [1.29, 1.82) is 0 Å². The zero-order chi connectivity index (χ0) is 18.4. The molecule has 0 heterocycles. The van der Waals surface area contributed by atoms with E-state index in [1.54, 1.807) is 30.3 Å². The molecule has 0 saturated heterocycles. The summed E-state index contributed by atoms with van der Waals surface area (Å²) in [6.07, 6.45) is -0.614. The zero-order valence-electron chi connectivity index (χ0n) is 14.2. The topological polar surface area (TPSA) is 94.2 Å². The lowest BCUT2D eigenvalue weighted by Crippen LogP contribution is -2.09. The van der Waals surface area contributed by atoms with Crippen LogP contribution in [0.4, 0.5) is 5.69 Å². The van der Waals surface area contributed by atoms with Gasteiger partial charge in [0.05, 0.1) is 26.5 Å². The monoisotopic (exact) mass is 367 g/mol. The van der Waals surface area contributed by atoms with Gasteiger partial charge in [-0.15, -0.1) is 0 Å². The lowest BCUT2D eigenvalue weighted by molar-refractivity contribution is 0.212. The lowest BCUT2D eigenvalue weighted by atomic mass is 9.98. The Bertz CT molecular complexity index is 723. The highest BCUT2D eigenvalue weighted by atomic mass is 35.5. The number of anilines is 1. The minimum Gasteiger partial charge on any atom is -0.493 e. The first-order valence-electron chi connectivity index (χ1n) is 7.75. The van der Waals surface area contributed by atoms with Gasteiger partial charge in [-0.1, -0.05) is 23.7 Å². The molecule has 4 N–H and O–H groups in total. The van der Waals surface area contributed by atoms with E-state index in [0.717, 1.165) is 0 Å². The number of halogens is 1. The molecule has 0 aliphatic rings. The van der Waals surface area contributed by atoms with Gasteiger partial charge in [-0.3, -0.25) is 0 Å². The van der Waals surface area contributed by atoms with E-state index >= 15 is 0 Å². The minimum atomic E-state index is -1.08. The number of ether oxygens (including phenoxy) is 3. The fourth-order valence-electron chi connectivity index (χ4n) is 2.50. The Morgan fingerprint density at radius 2 is 1.88 bits per heavy atom. The van der Waals surface area contributed by atoms with Crippen molar-refractivity contribution < 1.29 is 24.4 Å². The molecule has 0 saturated carbocycles. The number of aliphatic hydroxyl groups excluding tert-OH is 2. The third-order valence-corrected chi connectivity index (χ3v) is 3.94. The fraction of sp³-hybridized carbons (Fsp3) is 0.333. The van der Waals surface area contributed by atoms with Gasteiger partial charge in [-0.05, 0) is 12.1 Å². The second-order valence-electron chi connectivity index (χ2n) is 5.32. The number of nitrogen functional groups attached to an aromatic ring is 1. The predicted octanol–water partition coefficient (Wildman–Crippen LogP) is 2.78. The molecule has 0 fully saturated rings. The molecule has 0 bridgehead atoms. The normalized spacial score (nSPS) is 11.9. The number of hydrogen-bond donors (Lipinski definition) is 3. The molecule has 7 heteroatoms. The Labute approximate surface area is 151 Å². The van der Waals surface area contributed by atoms with Gasteiger partial charge in [0.1, 0.15) is 11.9 Å². The highest BCUT2D eigenvalue weighted by Gasteiger charge is 2.22. The summed E-state index contributed by atoms with van der Waals surface area (Å²) in [5.41, 5.74) is 7.33. The maximum Gasteiger partial charge on any atom is 0.166 e. The van der Waals surface area contributed by atoms with Gasteiger partial charge in [0.2, 0.25) is 0 Å². The Morgan fingerprint density at radius 1 is 1.12 bits per heavy atom. The first-order valence-corrected chi connectivity index (χ1v) is 8.12. The van der Waals surface area contributed by atoms with Gasteiger partial charge < -0.3 is 30.2 Å². The Hall–Kier alpha value is -2.15. The Morgan fingerprint density at radius 3 is 2.52 bits per heavy atom. The van der Waals surface area contributed by atoms with E-state index in [2.05, 4.69) is 0 Å². The summed E-state index contributed by atoms with van der Waals surface area (Å²) >= 11 is 6.15. The predicted molar refractivity (Wildman–Crippen MR) is 96.7 cm³/mol. The molecule has 0 radical (unpaired) electrons. The summed E-state index contributed by atoms with van der Waals surface area (Å²) in [4.78, 5) is 0. The summed E-state index contributed by atoms with van der Waals surface area (Å²) < 4.78 is 16.2.